The number of carbonyl (C=O) groups excluding carboxylic acids is 20. The average molecular weight is 2110 g/mol. The van der Waals surface area contributed by atoms with Crippen LogP contribution in [-0.2, 0) is 112 Å². The van der Waals surface area contributed by atoms with E-state index in [2.05, 4.69) is 42.5 Å². The van der Waals surface area contributed by atoms with Crippen LogP contribution in [0.15, 0.2) is 30.3 Å². The Morgan fingerprint density at radius 2 is 0.513 bits per heavy atom. The highest BCUT2D eigenvalue weighted by molar-refractivity contribution is 6.02. The van der Waals surface area contributed by atoms with E-state index in [1.165, 1.54) is 122 Å². The van der Waals surface area contributed by atoms with E-state index in [0.29, 0.717) is 103 Å². The molecule has 16 atom stereocenters. The number of hydrogen-bond acceptors (Lipinski definition) is 22. The third kappa shape index (κ3) is 34.8. The van der Waals surface area contributed by atoms with Crippen LogP contribution < -0.4 is 42.5 Å². The number of nitrogens with one attached hydrogen (secondary N) is 8. The number of ether oxygens (including phenoxy) is 2. The molecule has 8 saturated heterocycles. The second-order valence-electron chi connectivity index (χ2n) is 44.9. The first-order chi connectivity index (χ1) is 70.8. The lowest BCUT2D eigenvalue weighted by atomic mass is 9.98. The molecule has 0 bridgehead atoms. The van der Waals surface area contributed by atoms with Crippen LogP contribution in [-0.4, -0.2) is 407 Å². The molecule has 1 aromatic carbocycles. The highest BCUT2D eigenvalue weighted by atomic mass is 16.5. The molecule has 150 heavy (non-hydrogen) atoms. The summed E-state index contributed by atoms with van der Waals surface area (Å²) in [7, 11) is 5.79. The normalized spacial score (nSPS) is 28.0. The minimum absolute atomic E-state index is 0.00208. The predicted molar refractivity (Wildman–Crippen MR) is 561 cm³/mol. The Bertz CT molecular complexity index is 4820. The van der Waals surface area contributed by atoms with Crippen LogP contribution in [0.2, 0.25) is 0 Å². The summed E-state index contributed by atoms with van der Waals surface area (Å²) in [6.07, 6.45) is 7.15. The minimum Gasteiger partial charge on any atom is -0.381 e. The second kappa shape index (κ2) is 58.4. The lowest BCUT2D eigenvalue weighted by Gasteiger charge is -2.36. The molecule has 42 nitrogen and oxygen atoms in total. The summed E-state index contributed by atoms with van der Waals surface area (Å²) in [5, 5.41) is 22.7. The molecule has 0 unspecified atom stereocenters. The van der Waals surface area contributed by atoms with Crippen molar-refractivity contribution in [2.75, 3.05) is 133 Å². The van der Waals surface area contributed by atoms with Gasteiger partial charge in [0.05, 0.1) is 26.2 Å². The molecular formula is C108H176N20O22. The van der Waals surface area contributed by atoms with Gasteiger partial charge in [0.2, 0.25) is 118 Å². The summed E-state index contributed by atoms with van der Waals surface area (Å²) >= 11 is 0. The summed E-state index contributed by atoms with van der Waals surface area (Å²) < 4.78 is 11.2. The van der Waals surface area contributed by atoms with E-state index in [9.17, 15) is 95.9 Å². The van der Waals surface area contributed by atoms with Gasteiger partial charge in [-0.25, -0.2) is 0 Å². The second-order valence-corrected chi connectivity index (χ2v) is 44.9. The molecule has 8 aliphatic heterocycles. The van der Waals surface area contributed by atoms with Crippen LogP contribution in [0.3, 0.4) is 0 Å². The molecule has 0 spiro atoms. The molecule has 9 rings (SSSR count). The van der Waals surface area contributed by atoms with Crippen LogP contribution in [0.25, 0.3) is 0 Å². The fourth-order valence-electron chi connectivity index (χ4n) is 21.1. The number of benzene rings is 1. The Morgan fingerprint density at radius 1 is 0.280 bits per heavy atom. The van der Waals surface area contributed by atoms with Crippen molar-refractivity contribution in [3.63, 3.8) is 0 Å². The number of hydrogen-bond donors (Lipinski definition) is 8. The zero-order valence-corrected chi connectivity index (χ0v) is 93.3. The topological polar surface area (TPSA) is 495 Å². The fraction of sp³-hybridized carbons (Fsp3) is 0.759. The molecule has 840 valence electrons. The van der Waals surface area contributed by atoms with Crippen LogP contribution >= 0.6 is 0 Å². The summed E-state index contributed by atoms with van der Waals surface area (Å²) in [5.41, 5.74) is 0.733. The van der Waals surface area contributed by atoms with Crippen molar-refractivity contribution in [1.29, 1.82) is 0 Å². The Balaban J connectivity index is 0.000000366. The van der Waals surface area contributed by atoms with Gasteiger partial charge in [-0.1, -0.05) is 113 Å². The van der Waals surface area contributed by atoms with E-state index >= 15 is 0 Å². The number of rotatable bonds is 20. The van der Waals surface area contributed by atoms with E-state index < -0.39 is 241 Å². The number of amides is 20. The lowest BCUT2D eigenvalue weighted by molar-refractivity contribution is -0.149. The van der Waals surface area contributed by atoms with Crippen LogP contribution in [0.5, 0.6) is 0 Å². The molecule has 0 aliphatic carbocycles. The zero-order chi connectivity index (χ0) is 111. The van der Waals surface area contributed by atoms with Crippen molar-refractivity contribution in [2.45, 2.75) is 350 Å². The van der Waals surface area contributed by atoms with Crippen LogP contribution in [0.4, 0.5) is 0 Å². The fourth-order valence-corrected chi connectivity index (χ4v) is 21.1. The summed E-state index contributed by atoms with van der Waals surface area (Å²) in [6.45, 7) is 35.5. The average Bonchev–Trinajstić information content (AvgIpc) is 1.64. The molecule has 0 radical (unpaired) electrons. The van der Waals surface area contributed by atoms with E-state index in [-0.39, 0.29) is 145 Å². The predicted octanol–water partition coefficient (Wildman–Crippen LogP) is 2.98. The van der Waals surface area contributed by atoms with Gasteiger partial charge in [-0.15, -0.1) is 0 Å². The summed E-state index contributed by atoms with van der Waals surface area (Å²) in [5.74, 6) is -11.4. The van der Waals surface area contributed by atoms with Gasteiger partial charge in [0.15, 0.2) is 0 Å². The first-order valence-corrected chi connectivity index (χ1v) is 54.8. The van der Waals surface area contributed by atoms with Crippen molar-refractivity contribution < 1.29 is 105 Å². The van der Waals surface area contributed by atoms with Gasteiger partial charge in [0.1, 0.15) is 96.7 Å². The smallest absolute Gasteiger partial charge is 0.246 e. The Hall–Kier alpha value is -11.5. The third-order valence-corrected chi connectivity index (χ3v) is 30.1. The van der Waals surface area contributed by atoms with E-state index in [0.717, 1.165) is 5.56 Å². The van der Waals surface area contributed by atoms with Crippen LogP contribution in [0, 0.1) is 47.3 Å². The summed E-state index contributed by atoms with van der Waals surface area (Å²) in [6, 6.07) is -7.91. The quantitative estimate of drug-likeness (QED) is 0.0930. The minimum atomic E-state index is -1.17. The van der Waals surface area contributed by atoms with Crippen molar-refractivity contribution >= 4 is 118 Å². The van der Waals surface area contributed by atoms with E-state index in [1.54, 1.807) is 13.8 Å². The molecule has 8 N–H and O–H groups in total. The first-order valence-electron chi connectivity index (χ1n) is 54.8. The number of carbonyl (C=O) groups is 20. The van der Waals surface area contributed by atoms with Gasteiger partial charge < -0.3 is 111 Å². The largest absolute Gasteiger partial charge is 0.381 e. The zero-order valence-electron chi connectivity index (χ0n) is 93.3. The Labute approximate surface area is 887 Å². The Morgan fingerprint density at radius 3 is 0.780 bits per heavy atom. The maximum atomic E-state index is 14.9. The molecule has 1 aromatic rings. The molecule has 0 aromatic heterocycles. The molecule has 20 amide bonds. The third-order valence-electron chi connectivity index (χ3n) is 30.1. The van der Waals surface area contributed by atoms with Gasteiger partial charge in [-0.3, -0.25) is 95.9 Å². The summed E-state index contributed by atoms with van der Waals surface area (Å²) in [4.78, 5) is 303. The highest BCUT2D eigenvalue weighted by Gasteiger charge is 2.49. The van der Waals surface area contributed by atoms with E-state index in [4.69, 9.17) is 9.47 Å². The molecule has 8 fully saturated rings. The standard InChI is InChI=1S/C57H90N10O11.C51H86N10O11/c1-12-64-33-48(68)58-42(28-35(2)3)52(72)62(10)38(8)50(70)60-44(30-37(6)7)54(74)67-25-17-21-47(67)57(77)65(32-41-22-26-78-27-23-41)34-49(69)59-43(29-36(4)5)53(73)63(11)39(9)51(71)61-45(31-40-18-14-13-15-19-40)55(75)66-24-16-20-46(66)56(64)76;1-13-58-28-42(62)53-37(24-30(2)3)48(68)57(12)35(10)45(65)55-39(26-32(6)7)49(69)61-21-15-17-41(61)51(71)59(27-36-18-22-72-23-19-36)29-43(63)54-38(25-31(4)5)47(67)56(11)34(9)44(64)52-33(8)46(66)60-20-14-16-40(60)50(58)70/h13-15,18-19,35-39,41-47H,12,16-17,20-34H2,1-11H3,(H,58,68)(H,59,69)(H,60,70)(H,61,71);30-41H,13-29H2,1-12H3,(H,52,64)(H,53,62)(H,54,63)(H,55,65)/t38-,39-,42-,43-,44-,45-,46+,47+;33-,34-,35-,37-,38-,39-,40+,41+/m00/s1. The van der Waals surface area contributed by atoms with Crippen molar-refractivity contribution in [3.05, 3.63) is 35.9 Å². The maximum Gasteiger partial charge on any atom is 0.246 e. The van der Waals surface area contributed by atoms with Crippen molar-refractivity contribution in [3.8, 4) is 0 Å². The molecule has 42 heteroatoms. The van der Waals surface area contributed by atoms with Gasteiger partial charge in [-0.2, -0.15) is 0 Å². The first kappa shape index (κ1) is 124. The van der Waals surface area contributed by atoms with Gasteiger partial charge >= 0.3 is 0 Å². The number of nitrogens with zero attached hydrogens (tertiary/aromatic N) is 12. The molecule has 8 aliphatic rings. The molecular weight excluding hydrogens is 1930 g/mol. The molecule has 8 heterocycles. The van der Waals surface area contributed by atoms with Gasteiger partial charge in [0, 0.05) is 113 Å². The number of likely N-dealkylation sites (N-methyl/N-ethyl adjacent to an activating group) is 6. The van der Waals surface area contributed by atoms with Crippen LogP contribution in [0.1, 0.15) is 253 Å². The lowest BCUT2D eigenvalue weighted by Crippen LogP contribution is -2.60. The monoisotopic (exact) mass is 2110 g/mol. The SMILES string of the molecule is CCN1CC(=O)N[C@@H](CC(C)C)C(=O)N(C)[C@@H](C)C(=O)N[C@@H](CC(C)C)C(=O)N2CCC[C@@H]2C(=O)N(CC2CCOCC2)CC(=O)N[C@@H](CC(C)C)C(=O)N(C)[C@@H](C)C(=O)N[C@@H](C)C(=O)N2CCC[C@@H]2C1=O.CCN1CC(=O)N[C@@H](CC(C)C)C(=O)N(C)[C@@H](C)C(=O)N[C@@H](CC(C)C)C(=O)N2CCC[C@@H]2C(=O)N(CC2CCOCC2)CC(=O)N[C@@H](CC(C)C)C(=O)N(C)[C@@H](C)C(=O)N[C@@H](Cc2ccccc2)C(=O)N2CCC[C@@H]2C1=O. The number of fused-ring (bicyclic) bond motifs is 4. The van der Waals surface area contributed by atoms with Crippen molar-refractivity contribution in [2.24, 2.45) is 47.3 Å². The maximum absolute atomic E-state index is 14.9. The van der Waals surface area contributed by atoms with E-state index in [1.807, 2.05) is 113 Å². The van der Waals surface area contributed by atoms with Gasteiger partial charge in [-0.05, 0) is 217 Å². The molecule has 0 saturated carbocycles. The Kier molecular flexibility index (Phi) is 48.2. The van der Waals surface area contributed by atoms with Gasteiger partial charge in [0.25, 0.3) is 0 Å². The van der Waals surface area contributed by atoms with Crippen molar-refractivity contribution in [1.82, 2.24) is 101 Å². The highest BCUT2D eigenvalue weighted by Crippen LogP contribution is 2.31.